The van der Waals surface area contributed by atoms with Crippen LogP contribution in [0.4, 0.5) is 5.82 Å². The van der Waals surface area contributed by atoms with Crippen molar-refractivity contribution in [2.24, 2.45) is 0 Å². The predicted molar refractivity (Wildman–Crippen MR) is 123 cm³/mol. The number of piperazine rings is 1. The summed E-state index contributed by atoms with van der Waals surface area (Å²) in [4.78, 5) is 10.1. The number of aliphatic hydroxyl groups is 1. The lowest BCUT2D eigenvalue weighted by atomic mass is 9.98. The Kier molecular flexibility index (Phi) is 5.74. The van der Waals surface area contributed by atoms with Gasteiger partial charge in [0.05, 0.1) is 22.6 Å². The summed E-state index contributed by atoms with van der Waals surface area (Å²) in [5, 5.41) is 13.4. The zero-order chi connectivity index (χ0) is 20.5. The van der Waals surface area contributed by atoms with Gasteiger partial charge in [0.1, 0.15) is 5.82 Å². The van der Waals surface area contributed by atoms with Crippen molar-refractivity contribution in [1.82, 2.24) is 9.88 Å². The molecule has 2 fully saturated rings. The summed E-state index contributed by atoms with van der Waals surface area (Å²) in [7, 11) is 0. The lowest BCUT2D eigenvalue weighted by Gasteiger charge is -2.35. The van der Waals surface area contributed by atoms with Crippen LogP contribution in [0.2, 0.25) is 0 Å². The number of pyridine rings is 1. The van der Waals surface area contributed by atoms with Crippen LogP contribution >= 0.6 is 11.3 Å². The minimum Gasteiger partial charge on any atom is -0.393 e. The molecule has 4 heterocycles. The Morgan fingerprint density at radius 1 is 1.13 bits per heavy atom. The number of hydrogen-bond acceptors (Lipinski definition) is 6. The summed E-state index contributed by atoms with van der Waals surface area (Å²) < 4.78 is 7.14. The van der Waals surface area contributed by atoms with Gasteiger partial charge in [0, 0.05) is 44.8 Å². The number of aromatic nitrogens is 1. The largest absolute Gasteiger partial charge is 0.393 e. The summed E-state index contributed by atoms with van der Waals surface area (Å²) in [6.07, 6.45) is 1.13. The molecule has 2 saturated heterocycles. The topological polar surface area (TPSA) is 48.8 Å². The standard InChI is InChI=1S/C24H29N3O2S/c1-2-26-9-11-27(12-10-26)24-23-19(8-14-30-23)15-21(25-24)17-3-5-18(6-4-17)22-16-20(28)7-13-29-22/h3-6,8,14-15,20,22,28H,2,7,9-13,16H2,1H3/t20-,22+/m1/s1. The number of hydrogen-bond donors (Lipinski definition) is 1. The van der Waals surface area contributed by atoms with Crippen molar-refractivity contribution in [3.05, 3.63) is 47.3 Å². The third-order valence-corrected chi connectivity index (χ3v) is 7.30. The van der Waals surface area contributed by atoms with Crippen molar-refractivity contribution in [1.29, 1.82) is 0 Å². The molecule has 3 aromatic rings. The van der Waals surface area contributed by atoms with E-state index in [9.17, 15) is 5.11 Å². The molecule has 2 aliphatic heterocycles. The van der Waals surface area contributed by atoms with E-state index in [1.54, 1.807) is 11.3 Å². The molecule has 2 atom stereocenters. The Labute approximate surface area is 181 Å². The molecule has 30 heavy (non-hydrogen) atoms. The van der Waals surface area contributed by atoms with Crippen molar-refractivity contribution in [3.8, 4) is 11.3 Å². The molecule has 1 aromatic carbocycles. The van der Waals surface area contributed by atoms with Crippen LogP contribution in [0.5, 0.6) is 0 Å². The lowest BCUT2D eigenvalue weighted by Crippen LogP contribution is -2.46. The Balaban J connectivity index is 1.43. The molecule has 6 heteroatoms. The Hall–Kier alpha value is -1.99. The van der Waals surface area contributed by atoms with Gasteiger partial charge in [-0.2, -0.15) is 0 Å². The molecule has 5 rings (SSSR count). The molecule has 1 N–H and O–H groups in total. The molecule has 0 saturated carbocycles. The molecule has 2 aliphatic rings. The van der Waals surface area contributed by atoms with E-state index in [0.717, 1.165) is 61.8 Å². The zero-order valence-corrected chi connectivity index (χ0v) is 18.3. The Morgan fingerprint density at radius 3 is 2.67 bits per heavy atom. The maximum absolute atomic E-state index is 9.94. The van der Waals surface area contributed by atoms with Crippen LogP contribution in [-0.2, 0) is 4.74 Å². The molecule has 0 amide bonds. The van der Waals surface area contributed by atoms with Gasteiger partial charge in [-0.1, -0.05) is 31.2 Å². The number of nitrogens with zero attached hydrogens (tertiary/aromatic N) is 3. The molecule has 0 bridgehead atoms. The van der Waals surface area contributed by atoms with Crippen molar-refractivity contribution in [2.45, 2.75) is 32.0 Å². The second kappa shape index (κ2) is 8.63. The van der Waals surface area contributed by atoms with Crippen LogP contribution < -0.4 is 4.90 Å². The number of thiophene rings is 1. The second-order valence-corrected chi connectivity index (χ2v) is 9.17. The third-order valence-electron chi connectivity index (χ3n) is 6.37. The fourth-order valence-electron chi connectivity index (χ4n) is 4.48. The number of ether oxygens (including phenoxy) is 1. The van der Waals surface area contributed by atoms with Crippen LogP contribution in [0.3, 0.4) is 0 Å². The quantitative estimate of drug-likeness (QED) is 0.677. The highest BCUT2D eigenvalue weighted by Crippen LogP contribution is 2.35. The fraction of sp³-hybridized carbons (Fsp3) is 0.458. The summed E-state index contributed by atoms with van der Waals surface area (Å²) in [6, 6.07) is 12.9. The zero-order valence-electron chi connectivity index (χ0n) is 17.5. The van der Waals surface area contributed by atoms with Crippen LogP contribution in [0.1, 0.15) is 31.4 Å². The maximum atomic E-state index is 9.94. The highest BCUT2D eigenvalue weighted by atomic mass is 32.1. The summed E-state index contributed by atoms with van der Waals surface area (Å²) in [5.74, 6) is 1.12. The lowest BCUT2D eigenvalue weighted by molar-refractivity contribution is -0.0447. The first-order valence-electron chi connectivity index (χ1n) is 11.0. The number of anilines is 1. The molecule has 2 aromatic heterocycles. The van der Waals surface area contributed by atoms with Crippen LogP contribution in [-0.4, -0.2) is 60.4 Å². The Morgan fingerprint density at radius 2 is 1.93 bits per heavy atom. The van der Waals surface area contributed by atoms with E-state index in [2.05, 4.69) is 58.5 Å². The molecule has 158 valence electrons. The van der Waals surface area contributed by atoms with E-state index in [0.29, 0.717) is 13.0 Å². The molecule has 5 nitrogen and oxygen atoms in total. The van der Waals surface area contributed by atoms with Gasteiger partial charge >= 0.3 is 0 Å². The molecular formula is C24H29N3O2S. The smallest absolute Gasteiger partial charge is 0.147 e. The van der Waals surface area contributed by atoms with E-state index < -0.39 is 0 Å². The number of likely N-dealkylation sites (N-methyl/N-ethyl adjacent to an activating group) is 1. The first kappa shape index (κ1) is 19.9. The number of aliphatic hydroxyl groups excluding tert-OH is 1. The SMILES string of the molecule is CCN1CCN(c2nc(-c3ccc([C@@H]4C[C@H](O)CCO4)cc3)cc3ccsc23)CC1. The van der Waals surface area contributed by atoms with E-state index in [-0.39, 0.29) is 12.2 Å². The normalized spacial score (nSPS) is 23.2. The van der Waals surface area contributed by atoms with Gasteiger partial charge in [-0.05, 0) is 41.4 Å². The number of rotatable bonds is 4. The first-order valence-corrected chi connectivity index (χ1v) is 11.8. The van der Waals surface area contributed by atoms with Crippen molar-refractivity contribution in [2.75, 3.05) is 44.2 Å². The number of fused-ring (bicyclic) bond motifs is 1. The average molecular weight is 424 g/mol. The monoisotopic (exact) mass is 423 g/mol. The van der Waals surface area contributed by atoms with Crippen molar-refractivity contribution in [3.63, 3.8) is 0 Å². The van der Waals surface area contributed by atoms with Crippen LogP contribution in [0.25, 0.3) is 21.3 Å². The van der Waals surface area contributed by atoms with Crippen LogP contribution in [0, 0.1) is 0 Å². The van der Waals surface area contributed by atoms with Gasteiger partial charge in [0.25, 0.3) is 0 Å². The minimum atomic E-state index is -0.262. The third kappa shape index (κ3) is 3.97. The molecule has 0 unspecified atom stereocenters. The highest BCUT2D eigenvalue weighted by Gasteiger charge is 2.23. The van der Waals surface area contributed by atoms with Gasteiger partial charge in [0.15, 0.2) is 0 Å². The van der Waals surface area contributed by atoms with E-state index in [4.69, 9.17) is 9.72 Å². The van der Waals surface area contributed by atoms with Gasteiger partial charge in [-0.25, -0.2) is 4.98 Å². The van der Waals surface area contributed by atoms with Gasteiger partial charge < -0.3 is 19.6 Å². The van der Waals surface area contributed by atoms with E-state index in [1.165, 1.54) is 10.1 Å². The average Bonchev–Trinajstić information content (AvgIpc) is 3.27. The van der Waals surface area contributed by atoms with E-state index >= 15 is 0 Å². The molecule has 0 radical (unpaired) electrons. The van der Waals surface area contributed by atoms with Gasteiger partial charge in [0.2, 0.25) is 0 Å². The minimum absolute atomic E-state index is 0.0134. The summed E-state index contributed by atoms with van der Waals surface area (Å²) in [5.41, 5.74) is 3.27. The predicted octanol–water partition coefficient (Wildman–Crippen LogP) is 4.32. The summed E-state index contributed by atoms with van der Waals surface area (Å²) in [6.45, 7) is 8.21. The van der Waals surface area contributed by atoms with Crippen LogP contribution in [0.15, 0.2) is 41.8 Å². The number of benzene rings is 1. The van der Waals surface area contributed by atoms with E-state index in [1.807, 2.05) is 0 Å². The molecule has 0 spiro atoms. The van der Waals surface area contributed by atoms with Crippen molar-refractivity contribution < 1.29 is 9.84 Å². The van der Waals surface area contributed by atoms with Gasteiger partial charge in [-0.15, -0.1) is 11.3 Å². The maximum Gasteiger partial charge on any atom is 0.147 e. The summed E-state index contributed by atoms with van der Waals surface area (Å²) >= 11 is 1.78. The first-order chi connectivity index (χ1) is 14.7. The molecular weight excluding hydrogens is 394 g/mol. The molecule has 0 aliphatic carbocycles. The van der Waals surface area contributed by atoms with Crippen molar-refractivity contribution >= 4 is 27.2 Å². The fourth-order valence-corrected chi connectivity index (χ4v) is 5.37. The highest BCUT2D eigenvalue weighted by molar-refractivity contribution is 7.17. The Bertz CT molecular complexity index is 995. The van der Waals surface area contributed by atoms with Gasteiger partial charge in [-0.3, -0.25) is 0 Å². The second-order valence-electron chi connectivity index (χ2n) is 8.25.